The van der Waals surface area contributed by atoms with Crippen molar-refractivity contribution in [2.75, 3.05) is 17.2 Å². The molecule has 1 saturated carbocycles. The number of benzene rings is 1. The highest BCUT2D eigenvalue weighted by molar-refractivity contribution is 7.84. The zero-order chi connectivity index (χ0) is 22.2. The molecule has 0 aliphatic heterocycles. The van der Waals surface area contributed by atoms with Crippen LogP contribution in [-0.4, -0.2) is 53.5 Å². The van der Waals surface area contributed by atoms with Gasteiger partial charge in [-0.05, 0) is 30.4 Å². The van der Waals surface area contributed by atoms with Crippen molar-refractivity contribution in [2.24, 2.45) is 11.1 Å². The number of rotatable bonds is 7. The highest BCUT2D eigenvalue weighted by Gasteiger charge is 2.42. The van der Waals surface area contributed by atoms with Crippen molar-refractivity contribution in [3.05, 3.63) is 47.4 Å². The van der Waals surface area contributed by atoms with Gasteiger partial charge < -0.3 is 20.8 Å². The van der Waals surface area contributed by atoms with E-state index in [1.165, 1.54) is 5.56 Å². The fourth-order valence-corrected chi connectivity index (χ4v) is 4.56. The molecular formula is C19H24FN5O5S. The lowest BCUT2D eigenvalue weighted by atomic mass is 10.1. The number of nitrogens with zero attached hydrogens (tertiary/aromatic N) is 2. The van der Waals surface area contributed by atoms with Crippen molar-refractivity contribution >= 4 is 22.1 Å². The predicted octanol–water partition coefficient (Wildman–Crippen LogP) is 0.457. The number of anilines is 2. The van der Waals surface area contributed by atoms with E-state index in [1.807, 2.05) is 18.2 Å². The third kappa shape index (κ3) is 4.93. The molecule has 6 N–H and O–H groups in total. The van der Waals surface area contributed by atoms with Crippen molar-refractivity contribution in [2.45, 2.75) is 43.6 Å². The van der Waals surface area contributed by atoms with E-state index in [9.17, 15) is 23.0 Å². The summed E-state index contributed by atoms with van der Waals surface area (Å²) in [5.74, 6) is -1.33. The molecule has 2 aliphatic carbocycles. The summed E-state index contributed by atoms with van der Waals surface area (Å²) >= 11 is 0. The van der Waals surface area contributed by atoms with Gasteiger partial charge >= 0.3 is 10.3 Å². The summed E-state index contributed by atoms with van der Waals surface area (Å²) in [6, 6.07) is 7.28. The maximum absolute atomic E-state index is 14.3. The summed E-state index contributed by atoms with van der Waals surface area (Å²) in [5, 5.41) is 31.3. The average molecular weight is 453 g/mol. The minimum Gasteiger partial charge on any atom is -0.390 e. The van der Waals surface area contributed by atoms with Crippen LogP contribution in [0, 0.1) is 11.7 Å². The quantitative estimate of drug-likeness (QED) is 0.401. The minimum atomic E-state index is -4.18. The van der Waals surface area contributed by atoms with E-state index >= 15 is 0 Å². The molecule has 10 nitrogen and oxygen atoms in total. The van der Waals surface area contributed by atoms with Gasteiger partial charge in [-0.3, -0.25) is 4.18 Å². The lowest BCUT2D eigenvalue weighted by Gasteiger charge is -2.20. The monoisotopic (exact) mass is 453 g/mol. The number of aromatic nitrogens is 2. The Morgan fingerprint density at radius 2 is 2.00 bits per heavy atom. The smallest absolute Gasteiger partial charge is 0.333 e. The molecule has 0 saturated heterocycles. The highest BCUT2D eigenvalue weighted by atomic mass is 32.2. The van der Waals surface area contributed by atoms with E-state index in [0.717, 1.165) is 24.6 Å². The molecule has 4 rings (SSSR count). The number of fused-ring (bicyclic) bond motifs is 1. The first-order valence-corrected chi connectivity index (χ1v) is 11.3. The molecule has 1 fully saturated rings. The van der Waals surface area contributed by atoms with Crippen LogP contribution in [0.1, 0.15) is 30.0 Å². The molecule has 12 heteroatoms. The Morgan fingerprint density at radius 3 is 2.77 bits per heavy atom. The SMILES string of the molecule is NS(=O)(=O)OC[C@H]1C[C@@H](Nc2nc(N[C@H]3CCc4ccccc43)ncc2F)[C@H](O)[C@@H]1O. The Hall–Kier alpha value is -2.38. The van der Waals surface area contributed by atoms with Crippen LogP contribution < -0.4 is 15.8 Å². The first-order chi connectivity index (χ1) is 14.7. The fraction of sp³-hybridized carbons (Fsp3) is 0.474. The number of hydrogen-bond acceptors (Lipinski definition) is 9. The Labute approximate surface area is 178 Å². The van der Waals surface area contributed by atoms with Crippen LogP contribution in [0.4, 0.5) is 16.2 Å². The average Bonchev–Trinajstić information content (AvgIpc) is 3.25. The van der Waals surface area contributed by atoms with E-state index < -0.39 is 46.9 Å². The first kappa shape index (κ1) is 21.8. The van der Waals surface area contributed by atoms with E-state index in [0.29, 0.717) is 0 Å². The summed E-state index contributed by atoms with van der Waals surface area (Å²) in [5.41, 5.74) is 2.40. The number of aliphatic hydroxyl groups excluding tert-OH is 2. The Balaban J connectivity index is 1.44. The van der Waals surface area contributed by atoms with Crippen LogP contribution in [-0.2, 0) is 20.9 Å². The third-order valence-electron chi connectivity index (χ3n) is 5.75. The first-order valence-electron chi connectivity index (χ1n) is 9.88. The van der Waals surface area contributed by atoms with Crippen LogP contribution in [0.2, 0.25) is 0 Å². The number of halogens is 1. The van der Waals surface area contributed by atoms with Gasteiger partial charge in [0, 0.05) is 5.92 Å². The summed E-state index contributed by atoms with van der Waals surface area (Å²) in [4.78, 5) is 8.20. The lowest BCUT2D eigenvalue weighted by Crippen LogP contribution is -2.36. The van der Waals surface area contributed by atoms with Gasteiger partial charge in [-0.15, -0.1) is 0 Å². The lowest BCUT2D eigenvalue weighted by molar-refractivity contribution is 0.00776. The minimum absolute atomic E-state index is 0.00754. The van der Waals surface area contributed by atoms with Gasteiger partial charge in [0.2, 0.25) is 5.95 Å². The van der Waals surface area contributed by atoms with E-state index in [4.69, 9.17) is 5.14 Å². The molecule has 0 spiro atoms. The second-order valence-corrected chi connectivity index (χ2v) is 9.05. The summed E-state index contributed by atoms with van der Waals surface area (Å²) in [6.07, 6.45) is 0.396. The van der Waals surface area contributed by atoms with Crippen molar-refractivity contribution in [3.63, 3.8) is 0 Å². The normalized spacial score (nSPS) is 27.8. The molecule has 2 aromatic rings. The van der Waals surface area contributed by atoms with Crippen molar-refractivity contribution in [1.82, 2.24) is 9.97 Å². The highest BCUT2D eigenvalue weighted by Crippen LogP contribution is 2.34. The molecule has 1 aromatic heterocycles. The van der Waals surface area contributed by atoms with Gasteiger partial charge in [-0.25, -0.2) is 14.5 Å². The molecule has 0 amide bonds. The molecule has 2 aliphatic rings. The molecule has 5 atom stereocenters. The van der Waals surface area contributed by atoms with Crippen LogP contribution in [0.15, 0.2) is 30.5 Å². The molecule has 1 heterocycles. The van der Waals surface area contributed by atoms with Crippen LogP contribution >= 0.6 is 0 Å². The van der Waals surface area contributed by atoms with Crippen LogP contribution in [0.5, 0.6) is 0 Å². The maximum atomic E-state index is 14.3. The van der Waals surface area contributed by atoms with Gasteiger partial charge in [0.15, 0.2) is 11.6 Å². The summed E-state index contributed by atoms with van der Waals surface area (Å²) in [6.45, 7) is -0.393. The van der Waals surface area contributed by atoms with Gasteiger partial charge in [0.25, 0.3) is 0 Å². The number of aryl methyl sites for hydroxylation is 1. The summed E-state index contributed by atoms with van der Waals surface area (Å²) in [7, 11) is -4.18. The van der Waals surface area contributed by atoms with Crippen LogP contribution in [0.25, 0.3) is 0 Å². The molecular weight excluding hydrogens is 429 g/mol. The molecule has 168 valence electrons. The Kier molecular flexibility index (Phi) is 6.08. The van der Waals surface area contributed by atoms with Crippen molar-refractivity contribution < 1.29 is 27.2 Å². The Bertz CT molecular complexity index is 1060. The third-order valence-corrected chi connectivity index (χ3v) is 6.22. The van der Waals surface area contributed by atoms with Gasteiger partial charge in [0.1, 0.15) is 6.10 Å². The largest absolute Gasteiger partial charge is 0.390 e. The van der Waals surface area contributed by atoms with Gasteiger partial charge in [-0.2, -0.15) is 13.4 Å². The standard InChI is InChI=1S/C19H24FN5O5S/c20-13-8-22-19(24-14-6-5-10-3-1-2-4-12(10)14)25-18(13)23-15-7-11(16(26)17(15)27)9-30-31(21,28)29/h1-4,8,11,14-17,26-27H,5-7,9H2,(H2,21,28,29)(H2,22,23,24,25)/t11-,14+,15-,16-,17+/m1/s1. The number of nitrogens with two attached hydrogens (primary N) is 1. The van der Waals surface area contributed by atoms with Crippen molar-refractivity contribution in [3.8, 4) is 0 Å². The molecule has 0 radical (unpaired) electrons. The molecule has 0 bridgehead atoms. The second kappa shape index (κ2) is 8.63. The van der Waals surface area contributed by atoms with E-state index in [2.05, 4.69) is 30.9 Å². The van der Waals surface area contributed by atoms with Crippen molar-refractivity contribution in [1.29, 1.82) is 0 Å². The van der Waals surface area contributed by atoms with Gasteiger partial charge in [-0.1, -0.05) is 24.3 Å². The Morgan fingerprint density at radius 1 is 1.23 bits per heavy atom. The van der Waals surface area contributed by atoms with E-state index in [-0.39, 0.29) is 24.2 Å². The second-order valence-electron chi connectivity index (χ2n) is 7.83. The number of hydrogen-bond donors (Lipinski definition) is 5. The maximum Gasteiger partial charge on any atom is 0.333 e. The number of nitrogens with one attached hydrogen (secondary N) is 2. The molecule has 1 aromatic carbocycles. The zero-order valence-electron chi connectivity index (χ0n) is 16.5. The van der Waals surface area contributed by atoms with E-state index in [1.54, 1.807) is 0 Å². The fourth-order valence-electron chi connectivity index (χ4n) is 4.19. The topological polar surface area (TPSA) is 160 Å². The summed E-state index contributed by atoms with van der Waals surface area (Å²) < 4.78 is 40.8. The van der Waals surface area contributed by atoms with Gasteiger partial charge in [0.05, 0.1) is 31.0 Å². The predicted molar refractivity (Wildman–Crippen MR) is 110 cm³/mol. The van der Waals surface area contributed by atoms with Crippen LogP contribution in [0.3, 0.4) is 0 Å². The zero-order valence-corrected chi connectivity index (χ0v) is 17.3. The molecule has 31 heavy (non-hydrogen) atoms. The number of aliphatic hydroxyl groups is 2. The molecule has 0 unspecified atom stereocenters.